The molecule has 1 aliphatic rings. The molecular formula is C21H23N3O2. The van der Waals surface area contributed by atoms with Gasteiger partial charge in [0.1, 0.15) is 0 Å². The fraction of sp³-hybridized carbons (Fsp3) is 0.286. The van der Waals surface area contributed by atoms with Crippen molar-refractivity contribution in [2.24, 2.45) is 5.10 Å². The molecule has 0 aliphatic carbocycles. The van der Waals surface area contributed by atoms with E-state index in [4.69, 9.17) is 0 Å². The van der Waals surface area contributed by atoms with Gasteiger partial charge >= 0.3 is 0 Å². The minimum absolute atomic E-state index is 0.185. The van der Waals surface area contributed by atoms with E-state index in [1.54, 1.807) is 12.1 Å². The van der Waals surface area contributed by atoms with Crippen LogP contribution in [0.4, 0.5) is 0 Å². The van der Waals surface area contributed by atoms with Crippen LogP contribution in [0.3, 0.4) is 0 Å². The lowest BCUT2D eigenvalue weighted by Gasteiger charge is -2.25. The van der Waals surface area contributed by atoms with Crippen LogP contribution in [0, 0.1) is 0 Å². The van der Waals surface area contributed by atoms with Crippen LogP contribution in [0.15, 0.2) is 59.7 Å². The van der Waals surface area contributed by atoms with Crippen LogP contribution >= 0.6 is 0 Å². The monoisotopic (exact) mass is 349 g/mol. The van der Waals surface area contributed by atoms with Crippen molar-refractivity contribution in [3.8, 4) is 11.1 Å². The highest BCUT2D eigenvalue weighted by Crippen LogP contribution is 2.19. The highest BCUT2D eigenvalue weighted by atomic mass is 16.2. The highest BCUT2D eigenvalue weighted by molar-refractivity contribution is 6.35. The first kappa shape index (κ1) is 18.0. The number of hydrogen-bond donors (Lipinski definition) is 1. The molecule has 0 bridgehead atoms. The molecule has 0 saturated carbocycles. The Morgan fingerprint density at radius 3 is 2.27 bits per heavy atom. The van der Waals surface area contributed by atoms with E-state index in [1.165, 1.54) is 6.42 Å². The summed E-state index contributed by atoms with van der Waals surface area (Å²) < 4.78 is 0. The summed E-state index contributed by atoms with van der Waals surface area (Å²) in [6, 6.07) is 17.3. The number of amides is 1. The summed E-state index contributed by atoms with van der Waals surface area (Å²) in [4.78, 5) is 26.1. The summed E-state index contributed by atoms with van der Waals surface area (Å²) in [5.74, 6) is -0.418. The zero-order valence-electron chi connectivity index (χ0n) is 14.7. The first-order valence-electron chi connectivity index (χ1n) is 8.96. The van der Waals surface area contributed by atoms with E-state index < -0.39 is 0 Å². The number of carbonyl (C=O) groups is 2. The number of carbonyl (C=O) groups excluding carboxylic acids is 2. The molecule has 3 rings (SSSR count). The van der Waals surface area contributed by atoms with E-state index in [0.29, 0.717) is 12.1 Å². The molecular weight excluding hydrogens is 326 g/mol. The van der Waals surface area contributed by atoms with E-state index in [0.717, 1.165) is 43.3 Å². The third-order valence-electron chi connectivity index (χ3n) is 4.46. The highest BCUT2D eigenvalue weighted by Gasteiger charge is 2.13. The zero-order valence-corrected chi connectivity index (χ0v) is 14.7. The molecule has 1 saturated heterocycles. The van der Waals surface area contributed by atoms with Crippen LogP contribution in [-0.4, -0.2) is 42.4 Å². The summed E-state index contributed by atoms with van der Waals surface area (Å²) in [5.41, 5.74) is 5.13. The number of hydrazone groups is 1. The molecule has 0 radical (unpaired) electrons. The van der Waals surface area contributed by atoms with Gasteiger partial charge in [-0.2, -0.15) is 5.10 Å². The molecule has 5 nitrogen and oxygen atoms in total. The van der Waals surface area contributed by atoms with Gasteiger partial charge in [-0.1, -0.05) is 61.0 Å². The number of Topliss-reactive ketones (excluding diaryl/α,β-unsaturated/α-hetero) is 1. The number of benzene rings is 2. The van der Waals surface area contributed by atoms with Gasteiger partial charge in [0.25, 0.3) is 5.91 Å². The number of ketones is 1. The number of nitrogens with zero attached hydrogens (tertiary/aromatic N) is 2. The lowest BCUT2D eigenvalue weighted by atomic mass is 10.0. The maximum absolute atomic E-state index is 12.2. The van der Waals surface area contributed by atoms with Crippen molar-refractivity contribution in [1.29, 1.82) is 0 Å². The Kier molecular flexibility index (Phi) is 6.28. The third-order valence-corrected chi connectivity index (χ3v) is 4.46. The summed E-state index contributed by atoms with van der Waals surface area (Å²) in [6.45, 7) is 2.23. The van der Waals surface area contributed by atoms with E-state index >= 15 is 0 Å². The first-order chi connectivity index (χ1) is 12.7. The van der Waals surface area contributed by atoms with E-state index in [1.807, 2.05) is 42.5 Å². The lowest BCUT2D eigenvalue weighted by molar-refractivity contribution is -0.122. The van der Waals surface area contributed by atoms with Crippen LogP contribution in [0.5, 0.6) is 0 Å². The second-order valence-electron chi connectivity index (χ2n) is 6.44. The Morgan fingerprint density at radius 1 is 0.923 bits per heavy atom. The largest absolute Gasteiger partial charge is 0.294 e. The van der Waals surface area contributed by atoms with Crippen LogP contribution in [0.1, 0.15) is 29.6 Å². The number of rotatable bonds is 6. The molecule has 1 N–H and O–H groups in total. The molecule has 1 fully saturated rings. The third kappa shape index (κ3) is 5.10. The Balaban J connectivity index is 1.51. The first-order valence-corrected chi connectivity index (χ1v) is 8.96. The predicted molar refractivity (Wildman–Crippen MR) is 103 cm³/mol. The number of likely N-dealkylation sites (tertiary alicyclic amines) is 1. The van der Waals surface area contributed by atoms with Crippen LogP contribution in [-0.2, 0) is 4.79 Å². The Labute approximate surface area is 153 Å². The smallest absolute Gasteiger partial charge is 0.254 e. The van der Waals surface area contributed by atoms with Gasteiger partial charge in [-0.15, -0.1) is 0 Å². The van der Waals surface area contributed by atoms with Gasteiger partial charge < -0.3 is 0 Å². The number of hydrogen-bond acceptors (Lipinski definition) is 4. The van der Waals surface area contributed by atoms with Gasteiger partial charge in [-0.3, -0.25) is 14.5 Å². The SMILES string of the molecule is O=C(CN1CCCCC1)N/N=C/C(=O)c1ccc(-c2ccccc2)cc1. The molecule has 0 spiro atoms. The summed E-state index contributed by atoms with van der Waals surface area (Å²) in [6.07, 6.45) is 4.65. The molecule has 2 aromatic carbocycles. The zero-order chi connectivity index (χ0) is 18.2. The van der Waals surface area contributed by atoms with Crippen molar-refractivity contribution in [1.82, 2.24) is 10.3 Å². The molecule has 2 aromatic rings. The lowest BCUT2D eigenvalue weighted by Crippen LogP contribution is -2.38. The van der Waals surface area contributed by atoms with Crippen molar-refractivity contribution in [2.45, 2.75) is 19.3 Å². The Hall–Kier alpha value is -2.79. The van der Waals surface area contributed by atoms with Crippen LogP contribution < -0.4 is 5.43 Å². The van der Waals surface area contributed by atoms with Crippen molar-refractivity contribution >= 4 is 17.9 Å². The minimum Gasteiger partial charge on any atom is -0.294 e. The van der Waals surface area contributed by atoms with Crippen LogP contribution in [0.2, 0.25) is 0 Å². The summed E-state index contributed by atoms with van der Waals surface area (Å²) >= 11 is 0. The van der Waals surface area contributed by atoms with Gasteiger partial charge in [-0.25, -0.2) is 5.43 Å². The molecule has 1 aliphatic heterocycles. The summed E-state index contributed by atoms with van der Waals surface area (Å²) in [7, 11) is 0. The fourth-order valence-electron chi connectivity index (χ4n) is 3.05. The maximum Gasteiger partial charge on any atom is 0.254 e. The van der Waals surface area contributed by atoms with Gasteiger partial charge in [0.2, 0.25) is 5.78 Å². The molecule has 26 heavy (non-hydrogen) atoms. The second kappa shape index (κ2) is 9.06. The van der Waals surface area contributed by atoms with E-state index in [-0.39, 0.29) is 11.7 Å². The van der Waals surface area contributed by atoms with Gasteiger partial charge in [0, 0.05) is 5.56 Å². The predicted octanol–water partition coefficient (Wildman–Crippen LogP) is 3.12. The molecule has 0 aromatic heterocycles. The molecule has 5 heteroatoms. The van der Waals surface area contributed by atoms with Gasteiger partial charge in [0.15, 0.2) is 0 Å². The van der Waals surface area contributed by atoms with Crippen molar-refractivity contribution in [3.63, 3.8) is 0 Å². The van der Waals surface area contributed by atoms with Crippen molar-refractivity contribution in [3.05, 3.63) is 60.2 Å². The minimum atomic E-state index is -0.233. The standard InChI is InChI=1S/C21H23N3O2/c25-20(15-22-23-21(26)16-24-13-5-2-6-14-24)19-11-9-18(10-12-19)17-7-3-1-4-8-17/h1,3-4,7-12,15H,2,5-6,13-14,16H2,(H,23,26)/b22-15+. The molecule has 0 unspecified atom stereocenters. The van der Waals surface area contributed by atoms with Gasteiger partial charge in [0.05, 0.1) is 12.8 Å². The summed E-state index contributed by atoms with van der Waals surface area (Å²) in [5, 5.41) is 3.79. The van der Waals surface area contributed by atoms with Crippen molar-refractivity contribution < 1.29 is 9.59 Å². The molecule has 134 valence electrons. The normalized spacial score (nSPS) is 15.1. The van der Waals surface area contributed by atoms with Gasteiger partial charge in [-0.05, 0) is 37.1 Å². The molecule has 0 atom stereocenters. The van der Waals surface area contributed by atoms with E-state index in [2.05, 4.69) is 15.4 Å². The molecule has 1 amide bonds. The van der Waals surface area contributed by atoms with E-state index in [9.17, 15) is 9.59 Å². The quantitative estimate of drug-likeness (QED) is 0.495. The maximum atomic E-state index is 12.2. The van der Waals surface area contributed by atoms with Crippen molar-refractivity contribution in [2.75, 3.05) is 19.6 Å². The molecule has 1 heterocycles. The average molecular weight is 349 g/mol. The number of piperidine rings is 1. The average Bonchev–Trinajstić information content (AvgIpc) is 2.69. The number of nitrogens with one attached hydrogen (secondary N) is 1. The Bertz CT molecular complexity index is 764. The Morgan fingerprint density at radius 2 is 1.58 bits per heavy atom. The fourth-order valence-corrected chi connectivity index (χ4v) is 3.05. The van der Waals surface area contributed by atoms with Crippen LogP contribution in [0.25, 0.3) is 11.1 Å². The second-order valence-corrected chi connectivity index (χ2v) is 6.44. The topological polar surface area (TPSA) is 61.8 Å².